The lowest BCUT2D eigenvalue weighted by Gasteiger charge is -2.39. The second-order valence-corrected chi connectivity index (χ2v) is 4.34. The molecule has 2 atom stereocenters. The van der Waals surface area contributed by atoms with Gasteiger partial charge in [-0.15, -0.1) is 0 Å². The molecule has 1 aliphatic rings. The Morgan fingerprint density at radius 1 is 1.64 bits per heavy atom. The highest BCUT2D eigenvalue weighted by Gasteiger charge is 2.38. The number of nitrogens with zero attached hydrogens (tertiary/aromatic N) is 1. The molecule has 1 aliphatic carbocycles. The maximum Gasteiger partial charge on any atom is 0.237 e. The average molecular weight is 199 g/mol. The van der Waals surface area contributed by atoms with E-state index < -0.39 is 5.54 Å². The zero-order valence-electron chi connectivity index (χ0n) is 9.12. The second-order valence-electron chi connectivity index (χ2n) is 4.34. The van der Waals surface area contributed by atoms with Gasteiger partial charge < -0.3 is 16.4 Å². The Kier molecular flexibility index (Phi) is 3.50. The van der Waals surface area contributed by atoms with E-state index in [1.165, 1.54) is 0 Å². The Morgan fingerprint density at radius 3 is 2.79 bits per heavy atom. The van der Waals surface area contributed by atoms with Gasteiger partial charge in [0.2, 0.25) is 5.91 Å². The number of rotatable bonds is 3. The van der Waals surface area contributed by atoms with Crippen LogP contribution in [0.2, 0.25) is 0 Å². The number of primary amides is 1. The van der Waals surface area contributed by atoms with E-state index in [-0.39, 0.29) is 5.91 Å². The van der Waals surface area contributed by atoms with Crippen molar-refractivity contribution in [2.75, 3.05) is 13.6 Å². The van der Waals surface area contributed by atoms with Crippen molar-refractivity contribution in [3.05, 3.63) is 0 Å². The summed E-state index contributed by atoms with van der Waals surface area (Å²) in [5.41, 5.74) is 10.5. The largest absolute Gasteiger partial charge is 0.368 e. The molecule has 0 aliphatic heterocycles. The van der Waals surface area contributed by atoms with Crippen LogP contribution in [0.4, 0.5) is 0 Å². The molecule has 4 N–H and O–H groups in total. The molecule has 0 bridgehead atoms. The number of carbonyl (C=O) groups is 1. The van der Waals surface area contributed by atoms with Crippen LogP contribution in [0.3, 0.4) is 0 Å². The molecule has 82 valence electrons. The van der Waals surface area contributed by atoms with Crippen LogP contribution < -0.4 is 11.5 Å². The van der Waals surface area contributed by atoms with Gasteiger partial charge in [0.15, 0.2) is 0 Å². The van der Waals surface area contributed by atoms with Crippen molar-refractivity contribution in [2.45, 2.75) is 44.2 Å². The van der Waals surface area contributed by atoms with E-state index in [1.54, 1.807) is 0 Å². The van der Waals surface area contributed by atoms with E-state index in [2.05, 4.69) is 18.9 Å². The van der Waals surface area contributed by atoms with Gasteiger partial charge in [0, 0.05) is 6.04 Å². The maximum atomic E-state index is 11.2. The average Bonchev–Trinajstić information content (AvgIpc) is 2.16. The summed E-state index contributed by atoms with van der Waals surface area (Å²) in [4.78, 5) is 13.5. The van der Waals surface area contributed by atoms with E-state index in [0.717, 1.165) is 25.8 Å². The summed E-state index contributed by atoms with van der Waals surface area (Å²) < 4.78 is 0. The van der Waals surface area contributed by atoms with Crippen LogP contribution in [0.15, 0.2) is 0 Å². The van der Waals surface area contributed by atoms with E-state index in [9.17, 15) is 4.79 Å². The minimum atomic E-state index is -0.771. The molecule has 1 saturated carbocycles. The van der Waals surface area contributed by atoms with Crippen LogP contribution in [-0.4, -0.2) is 36.0 Å². The zero-order valence-corrected chi connectivity index (χ0v) is 9.12. The molecule has 0 aromatic rings. The molecule has 0 spiro atoms. The molecule has 0 aromatic heterocycles. The molecule has 14 heavy (non-hydrogen) atoms. The van der Waals surface area contributed by atoms with Gasteiger partial charge in [-0.25, -0.2) is 0 Å². The topological polar surface area (TPSA) is 72.3 Å². The molecular formula is C10H21N3O. The zero-order chi connectivity index (χ0) is 10.8. The summed E-state index contributed by atoms with van der Waals surface area (Å²) in [6.07, 6.45) is 3.55. The van der Waals surface area contributed by atoms with Gasteiger partial charge in [0.05, 0.1) is 5.54 Å². The van der Waals surface area contributed by atoms with Crippen LogP contribution in [0.5, 0.6) is 0 Å². The lowest BCUT2D eigenvalue weighted by Crippen LogP contribution is -2.57. The van der Waals surface area contributed by atoms with Crippen molar-refractivity contribution in [2.24, 2.45) is 11.5 Å². The van der Waals surface area contributed by atoms with Gasteiger partial charge >= 0.3 is 0 Å². The normalized spacial score (nSPS) is 33.3. The molecule has 4 nitrogen and oxygen atoms in total. The van der Waals surface area contributed by atoms with Crippen molar-refractivity contribution in [1.82, 2.24) is 4.90 Å². The number of amides is 1. The number of hydrogen-bond donors (Lipinski definition) is 2. The standard InChI is InChI=1S/C10H21N3O/c1-3-13(2)8-5-4-6-10(12,7-8)9(11)14/h8H,3-7,12H2,1-2H3,(H2,11,14). The Morgan fingerprint density at radius 2 is 2.29 bits per heavy atom. The lowest BCUT2D eigenvalue weighted by molar-refractivity contribution is -0.125. The van der Waals surface area contributed by atoms with Gasteiger partial charge in [-0.05, 0) is 39.3 Å². The van der Waals surface area contributed by atoms with E-state index >= 15 is 0 Å². The quantitative estimate of drug-likeness (QED) is 0.675. The first-order chi connectivity index (χ1) is 6.49. The van der Waals surface area contributed by atoms with Crippen molar-refractivity contribution >= 4 is 5.91 Å². The Labute approximate surface area is 85.6 Å². The molecule has 1 amide bonds. The predicted octanol–water partition coefficient (Wildman–Crippen LogP) is 0.0635. The third-order valence-electron chi connectivity index (χ3n) is 3.37. The smallest absolute Gasteiger partial charge is 0.237 e. The summed E-state index contributed by atoms with van der Waals surface area (Å²) in [7, 11) is 2.07. The first-order valence-electron chi connectivity index (χ1n) is 5.28. The van der Waals surface area contributed by atoms with E-state index in [1.807, 2.05) is 0 Å². The van der Waals surface area contributed by atoms with Crippen molar-refractivity contribution in [3.8, 4) is 0 Å². The van der Waals surface area contributed by atoms with Crippen LogP contribution in [-0.2, 0) is 4.79 Å². The summed E-state index contributed by atoms with van der Waals surface area (Å²) in [6, 6.07) is 0.409. The van der Waals surface area contributed by atoms with Gasteiger partial charge in [-0.2, -0.15) is 0 Å². The highest BCUT2D eigenvalue weighted by Crippen LogP contribution is 2.28. The fourth-order valence-corrected chi connectivity index (χ4v) is 2.14. The van der Waals surface area contributed by atoms with Crippen LogP contribution in [0.1, 0.15) is 32.6 Å². The van der Waals surface area contributed by atoms with Gasteiger partial charge in [0.1, 0.15) is 0 Å². The minimum Gasteiger partial charge on any atom is -0.368 e. The van der Waals surface area contributed by atoms with Crippen LogP contribution in [0, 0.1) is 0 Å². The third kappa shape index (κ3) is 2.25. The summed E-state index contributed by atoms with van der Waals surface area (Å²) in [5.74, 6) is -0.355. The molecule has 0 heterocycles. The molecule has 1 rings (SSSR count). The minimum absolute atomic E-state index is 0.355. The molecule has 0 radical (unpaired) electrons. The molecule has 0 aromatic carbocycles. The first-order valence-corrected chi connectivity index (χ1v) is 5.28. The molecule has 1 fully saturated rings. The number of hydrogen-bond acceptors (Lipinski definition) is 3. The highest BCUT2D eigenvalue weighted by atomic mass is 16.1. The Bertz CT molecular complexity index is 219. The Balaban J connectivity index is 2.64. The number of carbonyl (C=O) groups excluding carboxylic acids is 1. The van der Waals surface area contributed by atoms with Crippen LogP contribution >= 0.6 is 0 Å². The Hall–Kier alpha value is -0.610. The van der Waals surface area contributed by atoms with Crippen molar-refractivity contribution < 1.29 is 4.79 Å². The molecule has 0 saturated heterocycles. The number of nitrogens with two attached hydrogens (primary N) is 2. The van der Waals surface area contributed by atoms with Crippen molar-refractivity contribution in [1.29, 1.82) is 0 Å². The first kappa shape index (κ1) is 11.5. The fraction of sp³-hybridized carbons (Fsp3) is 0.900. The summed E-state index contributed by atoms with van der Waals surface area (Å²) in [6.45, 7) is 3.09. The maximum absolute atomic E-state index is 11.2. The molecule has 2 unspecified atom stereocenters. The van der Waals surface area contributed by atoms with Crippen LogP contribution in [0.25, 0.3) is 0 Å². The summed E-state index contributed by atoms with van der Waals surface area (Å²) in [5, 5.41) is 0. The SMILES string of the molecule is CCN(C)C1CCCC(N)(C(N)=O)C1. The second kappa shape index (κ2) is 4.28. The van der Waals surface area contributed by atoms with E-state index in [4.69, 9.17) is 11.5 Å². The van der Waals surface area contributed by atoms with Gasteiger partial charge in [0.25, 0.3) is 0 Å². The van der Waals surface area contributed by atoms with E-state index in [0.29, 0.717) is 12.5 Å². The third-order valence-corrected chi connectivity index (χ3v) is 3.37. The fourth-order valence-electron chi connectivity index (χ4n) is 2.14. The van der Waals surface area contributed by atoms with Gasteiger partial charge in [-0.1, -0.05) is 6.92 Å². The molecular weight excluding hydrogens is 178 g/mol. The predicted molar refractivity (Wildman–Crippen MR) is 56.7 cm³/mol. The summed E-state index contributed by atoms with van der Waals surface area (Å²) >= 11 is 0. The van der Waals surface area contributed by atoms with Gasteiger partial charge in [-0.3, -0.25) is 4.79 Å². The molecule has 4 heteroatoms. The highest BCUT2D eigenvalue weighted by molar-refractivity contribution is 5.84. The monoisotopic (exact) mass is 199 g/mol. The lowest BCUT2D eigenvalue weighted by atomic mass is 9.79. The van der Waals surface area contributed by atoms with Crippen molar-refractivity contribution in [3.63, 3.8) is 0 Å².